The molecule has 10 heteroatoms. The Morgan fingerprint density at radius 3 is 2.62 bits per heavy atom. The summed E-state index contributed by atoms with van der Waals surface area (Å²) in [5.74, 6) is -0.887. The number of amides is 1. The second-order valence-corrected chi connectivity index (χ2v) is 5.89. The van der Waals surface area contributed by atoms with Crippen LogP contribution in [0, 0.1) is 10.1 Å². The van der Waals surface area contributed by atoms with Gasteiger partial charge in [-0.05, 0) is 18.6 Å². The summed E-state index contributed by atoms with van der Waals surface area (Å²) < 4.78 is 25.8. The van der Waals surface area contributed by atoms with Gasteiger partial charge >= 0.3 is 0 Å². The fourth-order valence-electron chi connectivity index (χ4n) is 1.51. The van der Waals surface area contributed by atoms with E-state index in [4.69, 9.17) is 5.73 Å². The van der Waals surface area contributed by atoms with Crippen LogP contribution in [0.5, 0.6) is 0 Å². The molecule has 1 amide bonds. The highest BCUT2D eigenvalue weighted by molar-refractivity contribution is 7.89. The number of rotatable bonds is 8. The van der Waals surface area contributed by atoms with Crippen molar-refractivity contribution in [3.63, 3.8) is 0 Å². The monoisotopic (exact) mass is 316 g/mol. The van der Waals surface area contributed by atoms with Crippen LogP contribution in [0.4, 0.5) is 11.4 Å². The quantitative estimate of drug-likeness (QED) is 0.461. The number of nitrogens with two attached hydrogens (primary N) is 1. The van der Waals surface area contributed by atoms with E-state index in [9.17, 15) is 23.3 Å². The van der Waals surface area contributed by atoms with Gasteiger partial charge in [0.25, 0.3) is 5.69 Å². The van der Waals surface area contributed by atoms with E-state index in [0.717, 1.165) is 18.6 Å². The summed E-state index contributed by atoms with van der Waals surface area (Å²) in [6.45, 7) is 1.90. The van der Waals surface area contributed by atoms with Gasteiger partial charge in [-0.3, -0.25) is 14.9 Å². The Morgan fingerprint density at radius 2 is 2.10 bits per heavy atom. The van der Waals surface area contributed by atoms with Crippen LogP contribution in [0.15, 0.2) is 23.1 Å². The predicted octanol–water partition coefficient (Wildman–Crippen LogP) is 0.180. The van der Waals surface area contributed by atoms with Crippen LogP contribution in [0.2, 0.25) is 0 Å². The SMILES string of the molecule is CCCNc1ccc(S(=O)(=O)NCC(N)=O)c([N+](=O)[O-])c1. The fraction of sp³-hybridized carbons (Fsp3) is 0.364. The molecule has 0 unspecified atom stereocenters. The number of primary amides is 1. The summed E-state index contributed by atoms with van der Waals surface area (Å²) in [5, 5.41) is 14.0. The van der Waals surface area contributed by atoms with Crippen LogP contribution >= 0.6 is 0 Å². The molecule has 116 valence electrons. The van der Waals surface area contributed by atoms with E-state index in [2.05, 4.69) is 5.32 Å². The molecular weight excluding hydrogens is 300 g/mol. The van der Waals surface area contributed by atoms with Crippen molar-refractivity contribution < 1.29 is 18.1 Å². The Kier molecular flexibility index (Phi) is 5.61. The molecule has 0 aliphatic heterocycles. The smallest absolute Gasteiger partial charge is 0.291 e. The van der Waals surface area contributed by atoms with Crippen LogP contribution in [-0.4, -0.2) is 32.3 Å². The summed E-state index contributed by atoms with van der Waals surface area (Å²) in [5.41, 5.74) is 4.71. The van der Waals surface area contributed by atoms with Gasteiger partial charge in [0.15, 0.2) is 4.90 Å². The number of carbonyl (C=O) groups excluding carboxylic acids is 1. The normalized spacial score (nSPS) is 11.1. The summed E-state index contributed by atoms with van der Waals surface area (Å²) >= 11 is 0. The largest absolute Gasteiger partial charge is 0.385 e. The van der Waals surface area contributed by atoms with Gasteiger partial charge in [-0.15, -0.1) is 0 Å². The number of benzene rings is 1. The first kappa shape index (κ1) is 16.9. The van der Waals surface area contributed by atoms with Gasteiger partial charge in [-0.25, -0.2) is 13.1 Å². The second kappa shape index (κ2) is 6.99. The molecule has 0 radical (unpaired) electrons. The summed E-state index contributed by atoms with van der Waals surface area (Å²) in [7, 11) is -4.19. The van der Waals surface area contributed by atoms with Gasteiger partial charge in [0.2, 0.25) is 15.9 Å². The zero-order chi connectivity index (χ0) is 16.0. The minimum Gasteiger partial charge on any atom is -0.385 e. The van der Waals surface area contributed by atoms with E-state index in [0.29, 0.717) is 12.2 Å². The summed E-state index contributed by atoms with van der Waals surface area (Å²) in [6, 6.07) is 3.66. The molecule has 0 heterocycles. The maximum absolute atomic E-state index is 11.9. The van der Waals surface area contributed by atoms with E-state index in [1.807, 2.05) is 11.6 Å². The maximum Gasteiger partial charge on any atom is 0.291 e. The first-order chi connectivity index (χ1) is 9.77. The molecule has 1 aromatic rings. The highest BCUT2D eigenvalue weighted by Gasteiger charge is 2.26. The molecule has 0 saturated carbocycles. The van der Waals surface area contributed by atoms with Crippen molar-refractivity contribution in [3.8, 4) is 0 Å². The zero-order valence-corrected chi connectivity index (χ0v) is 12.1. The van der Waals surface area contributed by atoms with Gasteiger partial charge in [-0.2, -0.15) is 0 Å². The average Bonchev–Trinajstić information content (AvgIpc) is 2.42. The van der Waals surface area contributed by atoms with Gasteiger partial charge < -0.3 is 11.1 Å². The highest BCUT2D eigenvalue weighted by atomic mass is 32.2. The Hall–Kier alpha value is -2.20. The van der Waals surface area contributed by atoms with Crippen molar-refractivity contribution in [2.75, 3.05) is 18.4 Å². The number of anilines is 1. The lowest BCUT2D eigenvalue weighted by Crippen LogP contribution is -2.33. The standard InChI is InChI=1S/C11H16N4O5S/c1-2-5-13-8-3-4-10(9(6-8)15(17)18)21(19,20)14-7-11(12)16/h3-4,6,13-14H,2,5,7H2,1H3,(H2,12,16). The lowest BCUT2D eigenvalue weighted by molar-refractivity contribution is -0.387. The maximum atomic E-state index is 11.9. The van der Waals surface area contributed by atoms with Crippen LogP contribution in [0.25, 0.3) is 0 Å². The van der Waals surface area contributed by atoms with E-state index in [1.165, 1.54) is 6.07 Å². The molecule has 0 fully saturated rings. The molecule has 0 saturated heterocycles. The fourth-order valence-corrected chi connectivity index (χ4v) is 2.65. The van der Waals surface area contributed by atoms with Crippen molar-refractivity contribution in [2.24, 2.45) is 5.73 Å². The first-order valence-corrected chi connectivity index (χ1v) is 7.56. The Labute approximate surface area is 121 Å². The number of hydrogen-bond acceptors (Lipinski definition) is 6. The van der Waals surface area contributed by atoms with Crippen LogP contribution in [-0.2, 0) is 14.8 Å². The number of sulfonamides is 1. The van der Waals surface area contributed by atoms with Gasteiger partial charge in [-0.1, -0.05) is 6.92 Å². The van der Waals surface area contributed by atoms with Crippen molar-refractivity contribution in [1.82, 2.24) is 4.72 Å². The van der Waals surface area contributed by atoms with E-state index in [1.54, 1.807) is 0 Å². The molecule has 0 spiro atoms. The van der Waals surface area contributed by atoms with Gasteiger partial charge in [0.1, 0.15) is 0 Å². The van der Waals surface area contributed by atoms with E-state index in [-0.39, 0.29) is 0 Å². The number of nitro benzene ring substituents is 1. The number of carbonyl (C=O) groups is 1. The molecule has 0 atom stereocenters. The molecule has 1 rings (SSSR count). The van der Waals surface area contributed by atoms with Crippen molar-refractivity contribution in [1.29, 1.82) is 0 Å². The highest BCUT2D eigenvalue weighted by Crippen LogP contribution is 2.27. The molecule has 0 aromatic heterocycles. The Bertz CT molecular complexity index is 644. The van der Waals surface area contributed by atoms with Gasteiger partial charge in [0.05, 0.1) is 11.5 Å². The first-order valence-electron chi connectivity index (χ1n) is 6.08. The number of nitrogens with one attached hydrogen (secondary N) is 2. The number of nitrogens with zero attached hydrogens (tertiary/aromatic N) is 1. The van der Waals surface area contributed by atoms with Crippen molar-refractivity contribution >= 4 is 27.3 Å². The minimum absolute atomic E-state index is 0.442. The third-order valence-corrected chi connectivity index (χ3v) is 3.91. The average molecular weight is 316 g/mol. The van der Waals surface area contributed by atoms with Crippen LogP contribution in [0.1, 0.15) is 13.3 Å². The lowest BCUT2D eigenvalue weighted by atomic mass is 10.2. The van der Waals surface area contributed by atoms with Crippen LogP contribution < -0.4 is 15.8 Å². The van der Waals surface area contributed by atoms with Crippen molar-refractivity contribution in [2.45, 2.75) is 18.2 Å². The molecule has 9 nitrogen and oxygen atoms in total. The molecular formula is C11H16N4O5S. The number of hydrogen-bond donors (Lipinski definition) is 3. The second-order valence-electron chi connectivity index (χ2n) is 4.16. The van der Waals surface area contributed by atoms with E-state index < -0.39 is 38.0 Å². The van der Waals surface area contributed by atoms with E-state index >= 15 is 0 Å². The van der Waals surface area contributed by atoms with Gasteiger partial charge in [0, 0.05) is 18.3 Å². The molecule has 0 bridgehead atoms. The topological polar surface area (TPSA) is 144 Å². The molecule has 0 aliphatic rings. The number of nitro groups is 1. The minimum atomic E-state index is -4.19. The third-order valence-electron chi connectivity index (χ3n) is 2.46. The Morgan fingerprint density at radius 1 is 1.43 bits per heavy atom. The predicted molar refractivity (Wildman–Crippen MR) is 76.3 cm³/mol. The third kappa shape index (κ3) is 4.68. The van der Waals surface area contributed by atoms with Crippen LogP contribution in [0.3, 0.4) is 0 Å². The summed E-state index contributed by atoms with van der Waals surface area (Å²) in [4.78, 5) is 20.3. The molecule has 21 heavy (non-hydrogen) atoms. The molecule has 0 aliphatic carbocycles. The molecule has 4 N–H and O–H groups in total. The summed E-state index contributed by atoms with van der Waals surface area (Å²) in [6.07, 6.45) is 0.814. The van der Waals surface area contributed by atoms with Crippen molar-refractivity contribution in [3.05, 3.63) is 28.3 Å². The Balaban J connectivity index is 3.17. The lowest BCUT2D eigenvalue weighted by Gasteiger charge is -2.09. The molecule has 1 aromatic carbocycles. The zero-order valence-electron chi connectivity index (χ0n) is 11.3.